The minimum atomic E-state index is 1.32. The van der Waals surface area contributed by atoms with Gasteiger partial charge in [-0.2, -0.15) is 11.3 Å². The van der Waals surface area contributed by atoms with Gasteiger partial charge in [0.15, 0.2) is 0 Å². The first-order valence-corrected chi connectivity index (χ1v) is 9.67. The van der Waals surface area contributed by atoms with E-state index in [1.165, 1.54) is 29.6 Å². The van der Waals surface area contributed by atoms with Crippen molar-refractivity contribution in [3.8, 4) is 0 Å². The van der Waals surface area contributed by atoms with E-state index >= 15 is 0 Å². The van der Waals surface area contributed by atoms with Crippen LogP contribution in [0.2, 0.25) is 0 Å². The summed E-state index contributed by atoms with van der Waals surface area (Å²) in [5.74, 6) is 0. The normalized spacial score (nSPS) is 13.6. The van der Waals surface area contributed by atoms with Gasteiger partial charge in [0.2, 0.25) is 0 Å². The van der Waals surface area contributed by atoms with Crippen molar-refractivity contribution in [2.45, 2.75) is 0 Å². The zero-order valence-corrected chi connectivity index (χ0v) is 13.7. The zero-order chi connectivity index (χ0) is 13.4. The minimum absolute atomic E-state index is 1.32. The molecule has 0 aromatic carbocycles. The third kappa shape index (κ3) is 2.29. The van der Waals surface area contributed by atoms with E-state index < -0.39 is 0 Å². The van der Waals surface area contributed by atoms with Gasteiger partial charge in [0.05, 0.1) is 0 Å². The summed E-state index contributed by atoms with van der Waals surface area (Å²) in [7, 11) is 0. The predicted molar refractivity (Wildman–Crippen MR) is 94.7 cm³/mol. The average Bonchev–Trinajstić information content (AvgIpc) is 3.20. The molecule has 4 aromatic rings. The number of hydrogen-bond donors (Lipinski definition) is 0. The topological polar surface area (TPSA) is 0 Å². The lowest BCUT2D eigenvalue weighted by molar-refractivity contribution is 1.93. The molecule has 98 valence electrons. The highest BCUT2D eigenvalue weighted by Crippen LogP contribution is 2.17. The minimum Gasteiger partial charge on any atom is -0.151 e. The molecule has 0 saturated heterocycles. The van der Waals surface area contributed by atoms with E-state index in [0.717, 1.165) is 0 Å². The van der Waals surface area contributed by atoms with Crippen LogP contribution in [-0.2, 0) is 0 Å². The molecule has 0 saturated carbocycles. The molecule has 0 aliphatic carbocycles. The number of fused-ring (bicyclic) bond motifs is 1. The second kappa shape index (κ2) is 5.30. The maximum Gasteiger partial charge on any atom is 0.0377 e. The molecule has 0 atom stereocenters. The van der Waals surface area contributed by atoms with Crippen molar-refractivity contribution in [1.82, 2.24) is 0 Å². The molecule has 4 heterocycles. The van der Waals surface area contributed by atoms with Crippen molar-refractivity contribution >= 4 is 68.3 Å². The van der Waals surface area contributed by atoms with Crippen molar-refractivity contribution < 1.29 is 0 Å². The van der Waals surface area contributed by atoms with Gasteiger partial charge in [-0.15, -0.1) is 34.0 Å². The molecule has 0 aliphatic heterocycles. The summed E-state index contributed by atoms with van der Waals surface area (Å²) < 4.78 is 2.73. The molecule has 0 bridgehead atoms. The van der Waals surface area contributed by atoms with Crippen LogP contribution in [0.25, 0.3) is 22.9 Å². The largest absolute Gasteiger partial charge is 0.151 e. The molecule has 4 rings (SSSR count). The Morgan fingerprint density at radius 3 is 1.75 bits per heavy atom. The van der Waals surface area contributed by atoms with Gasteiger partial charge in [-0.1, -0.05) is 12.1 Å². The third-order valence-corrected chi connectivity index (χ3v) is 6.54. The maximum absolute atomic E-state index is 2.30. The monoisotopic (exact) mass is 330 g/mol. The average molecular weight is 331 g/mol. The van der Waals surface area contributed by atoms with Crippen LogP contribution in [0.4, 0.5) is 0 Å². The van der Waals surface area contributed by atoms with Gasteiger partial charge >= 0.3 is 0 Å². The highest BCUT2D eigenvalue weighted by atomic mass is 32.1. The van der Waals surface area contributed by atoms with Gasteiger partial charge in [0.1, 0.15) is 0 Å². The van der Waals surface area contributed by atoms with Crippen molar-refractivity contribution in [1.29, 1.82) is 0 Å². The molecule has 4 aromatic heterocycles. The summed E-state index contributed by atoms with van der Waals surface area (Å²) in [5, 5.41) is 11.5. The lowest BCUT2D eigenvalue weighted by atomic mass is 10.3. The Morgan fingerprint density at radius 1 is 0.750 bits per heavy atom. The second-order valence-electron chi connectivity index (χ2n) is 4.35. The SMILES string of the molecule is C(c1cccs1)=c1sc(=Cc2cccs2)c2cscc12. The first-order chi connectivity index (χ1) is 9.90. The summed E-state index contributed by atoms with van der Waals surface area (Å²) >= 11 is 7.25. The first-order valence-electron chi connectivity index (χ1n) is 6.15. The first kappa shape index (κ1) is 12.5. The lowest BCUT2D eigenvalue weighted by Crippen LogP contribution is -1.93. The Labute approximate surface area is 132 Å². The fourth-order valence-corrected chi connectivity index (χ4v) is 5.75. The Hall–Kier alpha value is -1.20. The third-order valence-electron chi connectivity index (χ3n) is 3.05. The summed E-state index contributed by atoms with van der Waals surface area (Å²) in [6.07, 6.45) is 4.60. The standard InChI is InChI=1S/C16H10S4/c1-3-11(18-5-1)7-15-13-9-17-10-14(13)16(20-15)8-12-4-2-6-19-12/h1-10H. The molecule has 0 amide bonds. The number of hydrogen-bond acceptors (Lipinski definition) is 4. The highest BCUT2D eigenvalue weighted by molar-refractivity contribution is 7.14. The molecule has 4 heteroatoms. The van der Waals surface area contributed by atoms with Crippen LogP contribution in [-0.4, -0.2) is 0 Å². The summed E-state index contributed by atoms with van der Waals surface area (Å²) in [4.78, 5) is 2.64. The van der Waals surface area contributed by atoms with Gasteiger partial charge in [-0.25, -0.2) is 0 Å². The Morgan fingerprint density at radius 2 is 1.30 bits per heavy atom. The molecule has 0 nitrogen and oxygen atoms in total. The van der Waals surface area contributed by atoms with E-state index in [-0.39, 0.29) is 0 Å². The van der Waals surface area contributed by atoms with Gasteiger partial charge < -0.3 is 0 Å². The van der Waals surface area contributed by atoms with E-state index in [9.17, 15) is 0 Å². The lowest BCUT2D eigenvalue weighted by Gasteiger charge is -1.81. The molecule has 0 fully saturated rings. The molecule has 0 N–H and O–H groups in total. The van der Waals surface area contributed by atoms with Crippen molar-refractivity contribution in [2.75, 3.05) is 0 Å². The molecular formula is C16H10S4. The predicted octanol–water partition coefficient (Wildman–Crippen LogP) is 4.74. The summed E-state index contributed by atoms with van der Waals surface area (Å²) in [6, 6.07) is 8.55. The van der Waals surface area contributed by atoms with Crippen LogP contribution in [0.1, 0.15) is 9.75 Å². The smallest absolute Gasteiger partial charge is 0.0377 e. The maximum atomic E-state index is 2.30. The summed E-state index contributed by atoms with van der Waals surface area (Å²) in [6.45, 7) is 0. The van der Waals surface area contributed by atoms with Gasteiger partial charge in [0.25, 0.3) is 0 Å². The van der Waals surface area contributed by atoms with Crippen LogP contribution in [0.5, 0.6) is 0 Å². The van der Waals surface area contributed by atoms with Crippen molar-refractivity contribution in [3.63, 3.8) is 0 Å². The van der Waals surface area contributed by atoms with Gasteiger partial charge in [-0.3, -0.25) is 0 Å². The fraction of sp³-hybridized carbons (Fsp3) is 0. The van der Waals surface area contributed by atoms with Crippen LogP contribution in [0.3, 0.4) is 0 Å². The van der Waals surface area contributed by atoms with Gasteiger partial charge in [-0.05, 0) is 35.0 Å². The van der Waals surface area contributed by atoms with Crippen LogP contribution in [0, 0.1) is 0 Å². The molecule has 0 unspecified atom stereocenters. The van der Waals surface area contributed by atoms with E-state index in [0.29, 0.717) is 0 Å². The van der Waals surface area contributed by atoms with E-state index in [1.54, 1.807) is 34.0 Å². The molecule has 20 heavy (non-hydrogen) atoms. The molecule has 0 radical (unpaired) electrons. The second-order valence-corrected chi connectivity index (χ2v) is 8.14. The Bertz CT molecular complexity index is 859. The van der Waals surface area contributed by atoms with E-state index in [4.69, 9.17) is 0 Å². The van der Waals surface area contributed by atoms with Crippen LogP contribution < -0.4 is 9.06 Å². The quantitative estimate of drug-likeness (QED) is 0.498. The van der Waals surface area contributed by atoms with Gasteiger partial charge in [0, 0.05) is 40.4 Å². The summed E-state index contributed by atoms with van der Waals surface area (Å²) in [5.41, 5.74) is 0. The zero-order valence-electron chi connectivity index (χ0n) is 10.4. The van der Waals surface area contributed by atoms with Crippen LogP contribution >= 0.6 is 45.3 Å². The molecular weight excluding hydrogens is 320 g/mol. The van der Waals surface area contributed by atoms with E-state index in [2.05, 4.69) is 57.9 Å². The van der Waals surface area contributed by atoms with Crippen molar-refractivity contribution in [3.05, 3.63) is 64.6 Å². The highest BCUT2D eigenvalue weighted by Gasteiger charge is 2.03. The Kier molecular flexibility index (Phi) is 3.32. The van der Waals surface area contributed by atoms with E-state index in [1.807, 2.05) is 11.3 Å². The Balaban J connectivity index is 1.99. The van der Waals surface area contributed by atoms with Crippen LogP contribution in [0.15, 0.2) is 45.8 Å². The fourth-order valence-electron chi connectivity index (χ4n) is 2.13. The molecule has 0 aliphatic rings. The molecule has 0 spiro atoms. The number of thiophene rings is 4. The number of rotatable bonds is 2. The van der Waals surface area contributed by atoms with Crippen molar-refractivity contribution in [2.24, 2.45) is 0 Å².